The zero-order valence-corrected chi connectivity index (χ0v) is 22.2. The minimum Gasteiger partial charge on any atom is -0.493 e. The monoisotopic (exact) mass is 525 g/mol. The number of pyridine rings is 2. The van der Waals surface area contributed by atoms with Gasteiger partial charge in [-0.2, -0.15) is 0 Å². The lowest BCUT2D eigenvalue weighted by atomic mass is 10.1. The van der Waals surface area contributed by atoms with E-state index in [-0.39, 0.29) is 11.6 Å². The number of ether oxygens (including phenoxy) is 2. The molecule has 0 aliphatic heterocycles. The number of fused-ring (bicyclic) bond motifs is 1. The molecule has 0 spiro atoms. The Labute approximate surface area is 226 Å². The van der Waals surface area contributed by atoms with Crippen LogP contribution in [0.15, 0.2) is 77.9 Å². The minimum absolute atomic E-state index is 0.149. The van der Waals surface area contributed by atoms with Crippen molar-refractivity contribution < 1.29 is 9.47 Å². The summed E-state index contributed by atoms with van der Waals surface area (Å²) in [5.41, 5.74) is 3.28. The quantitative estimate of drug-likeness (QED) is 0.274. The molecule has 5 rings (SSSR count). The van der Waals surface area contributed by atoms with E-state index in [4.69, 9.17) is 9.47 Å². The second-order valence-electron chi connectivity index (χ2n) is 9.29. The molecule has 10 nitrogen and oxygen atoms in total. The summed E-state index contributed by atoms with van der Waals surface area (Å²) in [7, 11) is 3.17. The molecule has 3 heterocycles. The third kappa shape index (κ3) is 5.80. The molecule has 39 heavy (non-hydrogen) atoms. The summed E-state index contributed by atoms with van der Waals surface area (Å²) in [4.78, 5) is 22.8. The molecule has 0 unspecified atom stereocenters. The lowest BCUT2D eigenvalue weighted by Gasteiger charge is -2.30. The van der Waals surface area contributed by atoms with Crippen molar-refractivity contribution in [1.82, 2.24) is 35.1 Å². The molecule has 0 radical (unpaired) electrons. The molecule has 0 amide bonds. The van der Waals surface area contributed by atoms with Gasteiger partial charge < -0.3 is 14.5 Å². The zero-order chi connectivity index (χ0) is 27.2. The predicted molar refractivity (Wildman–Crippen MR) is 148 cm³/mol. The Morgan fingerprint density at radius 1 is 0.974 bits per heavy atom. The molecule has 200 valence electrons. The Kier molecular flexibility index (Phi) is 7.93. The average Bonchev–Trinajstić information content (AvgIpc) is 3.41. The van der Waals surface area contributed by atoms with Gasteiger partial charge in [-0.1, -0.05) is 43.3 Å². The van der Waals surface area contributed by atoms with Gasteiger partial charge in [0.25, 0.3) is 5.56 Å². The van der Waals surface area contributed by atoms with E-state index in [0.29, 0.717) is 42.2 Å². The molecule has 1 atom stereocenters. The van der Waals surface area contributed by atoms with Crippen LogP contribution in [0.2, 0.25) is 0 Å². The van der Waals surface area contributed by atoms with E-state index in [1.54, 1.807) is 26.5 Å². The maximum absolute atomic E-state index is 13.3. The van der Waals surface area contributed by atoms with Gasteiger partial charge in [0.2, 0.25) is 0 Å². The van der Waals surface area contributed by atoms with Crippen LogP contribution in [0.25, 0.3) is 10.9 Å². The molecule has 0 saturated carbocycles. The summed E-state index contributed by atoms with van der Waals surface area (Å²) in [5.74, 6) is 1.90. The highest BCUT2D eigenvalue weighted by molar-refractivity contribution is 5.83. The SMILES string of the molecule is CC[C@@H](c1nnnn1Cc1ccccc1)N(Cc1cccnc1)Cc1cc2cc(OC)c(OC)cc2[nH]c1=O. The summed E-state index contributed by atoms with van der Waals surface area (Å²) in [6, 6.07) is 19.4. The van der Waals surface area contributed by atoms with Gasteiger partial charge in [0.1, 0.15) is 0 Å². The maximum Gasteiger partial charge on any atom is 0.252 e. The van der Waals surface area contributed by atoms with Crippen LogP contribution < -0.4 is 15.0 Å². The van der Waals surface area contributed by atoms with Crippen molar-refractivity contribution in [3.63, 3.8) is 0 Å². The van der Waals surface area contributed by atoms with Crippen LogP contribution in [0.4, 0.5) is 0 Å². The Bertz CT molecular complexity index is 1590. The van der Waals surface area contributed by atoms with Crippen molar-refractivity contribution >= 4 is 10.9 Å². The highest BCUT2D eigenvalue weighted by atomic mass is 16.5. The molecular weight excluding hydrogens is 494 g/mol. The summed E-state index contributed by atoms with van der Waals surface area (Å²) < 4.78 is 12.7. The molecule has 10 heteroatoms. The van der Waals surface area contributed by atoms with Crippen molar-refractivity contribution in [2.75, 3.05) is 14.2 Å². The first kappa shape index (κ1) is 26.1. The van der Waals surface area contributed by atoms with Crippen LogP contribution in [0.1, 0.15) is 41.9 Å². The van der Waals surface area contributed by atoms with E-state index >= 15 is 0 Å². The topological polar surface area (TPSA) is 111 Å². The standard InChI is InChI=1S/C29H31N7O3/c1-4-25(28-32-33-34-36(28)18-20-9-6-5-7-10-20)35(17-21-11-8-12-30-16-21)19-23-13-22-14-26(38-2)27(39-3)15-24(22)31-29(23)37/h5-16,25H,4,17-19H2,1-3H3,(H,31,37)/t25-/m0/s1. The van der Waals surface area contributed by atoms with Gasteiger partial charge in [-0.25, -0.2) is 4.68 Å². The summed E-state index contributed by atoms with van der Waals surface area (Å²) in [5, 5.41) is 13.6. The van der Waals surface area contributed by atoms with Gasteiger partial charge in [0, 0.05) is 42.5 Å². The van der Waals surface area contributed by atoms with Crippen LogP contribution >= 0.6 is 0 Å². The summed E-state index contributed by atoms with van der Waals surface area (Å²) >= 11 is 0. The van der Waals surface area contributed by atoms with Gasteiger partial charge in [-0.05, 0) is 46.2 Å². The molecule has 0 aliphatic rings. The van der Waals surface area contributed by atoms with E-state index in [0.717, 1.165) is 28.8 Å². The highest BCUT2D eigenvalue weighted by Crippen LogP contribution is 2.32. The first-order valence-corrected chi connectivity index (χ1v) is 12.8. The van der Waals surface area contributed by atoms with Gasteiger partial charge in [-0.3, -0.25) is 14.7 Å². The predicted octanol–water partition coefficient (Wildman–Crippen LogP) is 4.13. The normalized spacial score (nSPS) is 12.1. The number of nitrogens with zero attached hydrogens (tertiary/aromatic N) is 6. The smallest absolute Gasteiger partial charge is 0.252 e. The average molecular weight is 526 g/mol. The van der Waals surface area contributed by atoms with E-state index in [1.807, 2.05) is 53.3 Å². The fourth-order valence-corrected chi connectivity index (χ4v) is 4.84. The molecule has 5 aromatic rings. The number of rotatable bonds is 11. The van der Waals surface area contributed by atoms with E-state index in [1.165, 1.54) is 0 Å². The summed E-state index contributed by atoms with van der Waals surface area (Å²) in [6.07, 6.45) is 4.33. The van der Waals surface area contributed by atoms with Crippen LogP contribution in [0.3, 0.4) is 0 Å². The van der Waals surface area contributed by atoms with Gasteiger partial charge in [0.05, 0.1) is 32.3 Å². The van der Waals surface area contributed by atoms with Crippen molar-refractivity contribution in [3.8, 4) is 11.5 Å². The second-order valence-corrected chi connectivity index (χ2v) is 9.29. The number of aromatic nitrogens is 6. The molecular formula is C29H31N7O3. The van der Waals surface area contributed by atoms with Crippen LogP contribution in [-0.4, -0.2) is 49.3 Å². The first-order chi connectivity index (χ1) is 19.1. The fourth-order valence-electron chi connectivity index (χ4n) is 4.84. The largest absolute Gasteiger partial charge is 0.493 e. The third-order valence-electron chi connectivity index (χ3n) is 6.77. The van der Waals surface area contributed by atoms with E-state index in [9.17, 15) is 4.79 Å². The number of tetrazole rings is 1. The lowest BCUT2D eigenvalue weighted by molar-refractivity contribution is 0.161. The number of hydrogen-bond acceptors (Lipinski definition) is 8. The van der Waals surface area contributed by atoms with Crippen molar-refractivity contribution in [2.45, 2.75) is 39.0 Å². The number of aromatic amines is 1. The Hall–Kier alpha value is -4.57. The lowest BCUT2D eigenvalue weighted by Crippen LogP contribution is -2.32. The molecule has 0 fully saturated rings. The Balaban J connectivity index is 1.53. The molecule has 1 N–H and O–H groups in total. The molecule has 3 aromatic heterocycles. The fraction of sp³-hybridized carbons (Fsp3) is 0.276. The van der Waals surface area contributed by atoms with Crippen LogP contribution in [0.5, 0.6) is 11.5 Å². The highest BCUT2D eigenvalue weighted by Gasteiger charge is 2.26. The van der Waals surface area contributed by atoms with Crippen LogP contribution in [0, 0.1) is 0 Å². The van der Waals surface area contributed by atoms with Crippen LogP contribution in [-0.2, 0) is 19.6 Å². The number of benzene rings is 2. The van der Waals surface area contributed by atoms with Gasteiger partial charge in [-0.15, -0.1) is 5.10 Å². The number of methoxy groups -OCH3 is 2. The van der Waals surface area contributed by atoms with E-state index in [2.05, 4.69) is 49.4 Å². The van der Waals surface area contributed by atoms with E-state index < -0.39 is 0 Å². The molecule has 0 saturated heterocycles. The number of nitrogens with one attached hydrogen (secondary N) is 1. The van der Waals surface area contributed by atoms with Gasteiger partial charge >= 0.3 is 0 Å². The van der Waals surface area contributed by atoms with Crippen molar-refractivity contribution in [1.29, 1.82) is 0 Å². The zero-order valence-electron chi connectivity index (χ0n) is 22.2. The second kappa shape index (κ2) is 11.9. The minimum atomic E-state index is -0.162. The number of H-pyrrole nitrogens is 1. The van der Waals surface area contributed by atoms with Gasteiger partial charge in [0.15, 0.2) is 17.3 Å². The Morgan fingerprint density at radius 2 is 1.74 bits per heavy atom. The number of hydrogen-bond donors (Lipinski definition) is 1. The molecule has 2 aromatic carbocycles. The molecule has 0 aliphatic carbocycles. The Morgan fingerprint density at radius 3 is 2.46 bits per heavy atom. The third-order valence-corrected chi connectivity index (χ3v) is 6.77. The van der Waals surface area contributed by atoms with Crippen molar-refractivity contribution in [3.05, 3.63) is 106 Å². The first-order valence-electron chi connectivity index (χ1n) is 12.8. The molecule has 0 bridgehead atoms. The maximum atomic E-state index is 13.3. The van der Waals surface area contributed by atoms with Crippen molar-refractivity contribution in [2.24, 2.45) is 0 Å². The summed E-state index contributed by atoms with van der Waals surface area (Å²) in [6.45, 7) is 3.60.